The topological polar surface area (TPSA) is 62.1 Å². The minimum atomic E-state index is -0.591. The van der Waals surface area contributed by atoms with Gasteiger partial charge < -0.3 is 10.1 Å². The number of rotatable bonds is 7. The number of nitriles is 1. The Hall–Kier alpha value is -2.80. The SMILES string of the molecule is CCC(CNC(=O)C(C)Oc1ccc(C#N)cc1)c1ccccc1. The lowest BCUT2D eigenvalue weighted by Crippen LogP contribution is -2.38. The zero-order valence-electron chi connectivity index (χ0n) is 14.0. The Morgan fingerprint density at radius 2 is 1.83 bits per heavy atom. The molecule has 1 N–H and O–H groups in total. The third kappa shape index (κ3) is 4.85. The molecule has 0 saturated carbocycles. The van der Waals surface area contributed by atoms with E-state index in [1.807, 2.05) is 18.2 Å². The Labute approximate surface area is 143 Å². The summed E-state index contributed by atoms with van der Waals surface area (Å²) < 4.78 is 5.63. The Morgan fingerprint density at radius 3 is 2.42 bits per heavy atom. The second kappa shape index (κ2) is 8.73. The van der Waals surface area contributed by atoms with Gasteiger partial charge in [-0.2, -0.15) is 5.26 Å². The van der Waals surface area contributed by atoms with Gasteiger partial charge in [-0.25, -0.2) is 0 Å². The summed E-state index contributed by atoms with van der Waals surface area (Å²) in [4.78, 5) is 12.2. The lowest BCUT2D eigenvalue weighted by Gasteiger charge is -2.19. The predicted octanol–water partition coefficient (Wildman–Crippen LogP) is 3.64. The number of ether oxygens (including phenoxy) is 1. The minimum Gasteiger partial charge on any atom is -0.481 e. The minimum absolute atomic E-state index is 0.145. The van der Waals surface area contributed by atoms with Crippen LogP contribution in [-0.2, 0) is 4.79 Å². The van der Waals surface area contributed by atoms with Gasteiger partial charge in [0.2, 0.25) is 0 Å². The summed E-state index contributed by atoms with van der Waals surface area (Å²) in [6, 6.07) is 18.9. The van der Waals surface area contributed by atoms with Crippen LogP contribution in [0, 0.1) is 11.3 Å². The van der Waals surface area contributed by atoms with Gasteiger partial charge in [-0.1, -0.05) is 37.3 Å². The first-order valence-corrected chi connectivity index (χ1v) is 8.13. The van der Waals surface area contributed by atoms with E-state index in [0.717, 1.165) is 6.42 Å². The van der Waals surface area contributed by atoms with Gasteiger partial charge in [0.15, 0.2) is 6.10 Å². The summed E-state index contributed by atoms with van der Waals surface area (Å²) in [6.45, 7) is 4.41. The van der Waals surface area contributed by atoms with Crippen LogP contribution in [0.5, 0.6) is 5.75 Å². The first-order valence-electron chi connectivity index (χ1n) is 8.13. The van der Waals surface area contributed by atoms with E-state index in [0.29, 0.717) is 17.9 Å². The molecular formula is C20H22N2O2. The Morgan fingerprint density at radius 1 is 1.17 bits per heavy atom. The quantitative estimate of drug-likeness (QED) is 0.846. The molecule has 24 heavy (non-hydrogen) atoms. The maximum Gasteiger partial charge on any atom is 0.260 e. The van der Waals surface area contributed by atoms with Gasteiger partial charge in [0.25, 0.3) is 5.91 Å². The second-order valence-corrected chi connectivity index (χ2v) is 5.66. The number of amides is 1. The normalized spacial score (nSPS) is 12.7. The van der Waals surface area contributed by atoms with E-state index in [4.69, 9.17) is 10.00 Å². The van der Waals surface area contributed by atoms with Gasteiger partial charge in [0.05, 0.1) is 11.6 Å². The lowest BCUT2D eigenvalue weighted by molar-refractivity contribution is -0.127. The summed E-state index contributed by atoms with van der Waals surface area (Å²) >= 11 is 0. The fourth-order valence-corrected chi connectivity index (χ4v) is 2.46. The van der Waals surface area contributed by atoms with E-state index >= 15 is 0 Å². The van der Waals surface area contributed by atoms with Crippen molar-refractivity contribution in [2.45, 2.75) is 32.3 Å². The van der Waals surface area contributed by atoms with Crippen molar-refractivity contribution in [3.05, 3.63) is 65.7 Å². The molecule has 4 heteroatoms. The van der Waals surface area contributed by atoms with E-state index in [1.54, 1.807) is 31.2 Å². The van der Waals surface area contributed by atoms with Crippen LogP contribution in [0.15, 0.2) is 54.6 Å². The van der Waals surface area contributed by atoms with Crippen LogP contribution in [0.4, 0.5) is 0 Å². The van der Waals surface area contributed by atoms with E-state index in [2.05, 4.69) is 30.4 Å². The molecule has 0 aliphatic carbocycles. The van der Waals surface area contributed by atoms with E-state index in [9.17, 15) is 4.79 Å². The number of hydrogen-bond acceptors (Lipinski definition) is 3. The molecule has 0 saturated heterocycles. The molecule has 2 unspecified atom stereocenters. The van der Waals surface area contributed by atoms with Crippen molar-refractivity contribution in [3.63, 3.8) is 0 Å². The summed E-state index contributed by atoms with van der Waals surface area (Å²) in [5, 5.41) is 11.7. The number of carbonyl (C=O) groups excluding carboxylic acids is 1. The van der Waals surface area contributed by atoms with E-state index < -0.39 is 6.10 Å². The molecular weight excluding hydrogens is 300 g/mol. The number of nitrogens with one attached hydrogen (secondary N) is 1. The molecule has 2 aromatic carbocycles. The van der Waals surface area contributed by atoms with Gasteiger partial charge in [-0.3, -0.25) is 4.79 Å². The number of benzene rings is 2. The summed E-state index contributed by atoms with van der Waals surface area (Å²) in [6.07, 6.45) is 0.362. The van der Waals surface area contributed by atoms with Crippen LogP contribution in [0.2, 0.25) is 0 Å². The molecule has 124 valence electrons. The molecule has 0 aliphatic heterocycles. The first-order chi connectivity index (χ1) is 11.6. The highest BCUT2D eigenvalue weighted by molar-refractivity contribution is 5.80. The molecule has 2 aromatic rings. The average molecular weight is 322 g/mol. The van der Waals surface area contributed by atoms with Gasteiger partial charge in [-0.05, 0) is 43.2 Å². The molecule has 4 nitrogen and oxygen atoms in total. The molecule has 1 amide bonds. The smallest absolute Gasteiger partial charge is 0.260 e. The van der Waals surface area contributed by atoms with E-state index in [-0.39, 0.29) is 11.8 Å². The zero-order chi connectivity index (χ0) is 17.4. The van der Waals surface area contributed by atoms with Crippen molar-refractivity contribution in [2.24, 2.45) is 0 Å². The van der Waals surface area contributed by atoms with Crippen LogP contribution in [0.3, 0.4) is 0 Å². The second-order valence-electron chi connectivity index (χ2n) is 5.66. The predicted molar refractivity (Wildman–Crippen MR) is 93.7 cm³/mol. The Bertz CT molecular complexity index is 690. The maximum atomic E-state index is 12.2. The monoisotopic (exact) mass is 322 g/mol. The Kier molecular flexibility index (Phi) is 6.39. The van der Waals surface area contributed by atoms with Gasteiger partial charge >= 0.3 is 0 Å². The highest BCUT2D eigenvalue weighted by atomic mass is 16.5. The molecule has 0 heterocycles. The molecule has 0 fully saturated rings. The van der Waals surface area contributed by atoms with Crippen LogP contribution < -0.4 is 10.1 Å². The molecule has 0 aromatic heterocycles. The molecule has 0 spiro atoms. The van der Waals surface area contributed by atoms with Gasteiger partial charge in [0, 0.05) is 12.5 Å². The summed E-state index contributed by atoms with van der Waals surface area (Å²) in [7, 11) is 0. The molecule has 0 radical (unpaired) electrons. The average Bonchev–Trinajstić information content (AvgIpc) is 2.63. The van der Waals surface area contributed by atoms with Gasteiger partial charge in [0.1, 0.15) is 5.75 Å². The van der Waals surface area contributed by atoms with Crippen LogP contribution in [0.25, 0.3) is 0 Å². The Balaban J connectivity index is 1.87. The number of carbonyl (C=O) groups is 1. The van der Waals surface area contributed by atoms with E-state index in [1.165, 1.54) is 5.56 Å². The summed E-state index contributed by atoms with van der Waals surface area (Å²) in [5.74, 6) is 0.720. The lowest BCUT2D eigenvalue weighted by atomic mass is 9.96. The number of nitrogens with zero attached hydrogens (tertiary/aromatic N) is 1. The summed E-state index contributed by atoms with van der Waals surface area (Å²) in [5.41, 5.74) is 1.79. The molecule has 0 aliphatic rings. The third-order valence-electron chi connectivity index (χ3n) is 3.95. The first kappa shape index (κ1) is 17.6. The highest BCUT2D eigenvalue weighted by Gasteiger charge is 2.17. The van der Waals surface area contributed by atoms with Crippen molar-refractivity contribution in [3.8, 4) is 11.8 Å². The number of hydrogen-bond donors (Lipinski definition) is 1. The van der Waals surface area contributed by atoms with Crippen LogP contribution >= 0.6 is 0 Å². The van der Waals surface area contributed by atoms with Crippen LogP contribution in [0.1, 0.15) is 37.3 Å². The fraction of sp³-hybridized carbons (Fsp3) is 0.300. The zero-order valence-corrected chi connectivity index (χ0v) is 14.0. The van der Waals surface area contributed by atoms with Crippen LogP contribution in [-0.4, -0.2) is 18.6 Å². The molecule has 2 rings (SSSR count). The largest absolute Gasteiger partial charge is 0.481 e. The van der Waals surface area contributed by atoms with Crippen molar-refractivity contribution >= 4 is 5.91 Å². The third-order valence-corrected chi connectivity index (χ3v) is 3.95. The molecule has 0 bridgehead atoms. The van der Waals surface area contributed by atoms with Gasteiger partial charge in [-0.15, -0.1) is 0 Å². The maximum absolute atomic E-state index is 12.2. The molecule has 2 atom stereocenters. The highest BCUT2D eigenvalue weighted by Crippen LogP contribution is 2.18. The van der Waals surface area contributed by atoms with Crippen molar-refractivity contribution in [1.82, 2.24) is 5.32 Å². The fourth-order valence-electron chi connectivity index (χ4n) is 2.46. The van der Waals surface area contributed by atoms with Crippen molar-refractivity contribution < 1.29 is 9.53 Å². The van der Waals surface area contributed by atoms with Crippen molar-refractivity contribution in [1.29, 1.82) is 5.26 Å². The van der Waals surface area contributed by atoms with Crippen molar-refractivity contribution in [2.75, 3.05) is 6.54 Å². The standard InChI is InChI=1S/C20H22N2O2/c1-3-17(18-7-5-4-6-8-18)14-22-20(23)15(2)24-19-11-9-16(13-21)10-12-19/h4-12,15,17H,3,14H2,1-2H3,(H,22,23).